The maximum absolute atomic E-state index is 13.3. The van der Waals surface area contributed by atoms with Crippen LogP contribution in [0.5, 0.6) is 0 Å². The molecule has 0 saturated carbocycles. The van der Waals surface area contributed by atoms with Gasteiger partial charge in [0.15, 0.2) is 5.58 Å². The summed E-state index contributed by atoms with van der Waals surface area (Å²) in [5, 5.41) is 6.79. The highest BCUT2D eigenvalue weighted by molar-refractivity contribution is 7.92. The average molecular weight is 504 g/mol. The highest BCUT2D eigenvalue weighted by Gasteiger charge is 2.15. The third-order valence-electron chi connectivity index (χ3n) is 6.13. The van der Waals surface area contributed by atoms with E-state index in [0.29, 0.717) is 24.2 Å². The van der Waals surface area contributed by atoms with Crippen molar-refractivity contribution in [1.29, 1.82) is 0 Å². The van der Waals surface area contributed by atoms with E-state index in [9.17, 15) is 12.8 Å². The fraction of sp³-hybridized carbons (Fsp3) is 0.179. The Morgan fingerprint density at radius 1 is 0.944 bits per heavy atom. The van der Waals surface area contributed by atoms with Crippen LogP contribution in [0.1, 0.15) is 17.7 Å². The number of aryl methyl sites for hydroxylation is 1. The van der Waals surface area contributed by atoms with Crippen LogP contribution in [0.2, 0.25) is 0 Å². The number of fused-ring (bicyclic) bond motifs is 2. The van der Waals surface area contributed by atoms with Crippen LogP contribution in [-0.4, -0.2) is 32.1 Å². The quantitative estimate of drug-likeness (QED) is 0.268. The van der Waals surface area contributed by atoms with Crippen LogP contribution < -0.4 is 4.72 Å². The molecule has 6 nitrogen and oxygen atoms in total. The fourth-order valence-corrected chi connectivity index (χ4v) is 5.42. The zero-order valence-electron chi connectivity index (χ0n) is 19.8. The van der Waals surface area contributed by atoms with Gasteiger partial charge in [0.05, 0.1) is 10.6 Å². The summed E-state index contributed by atoms with van der Waals surface area (Å²) >= 11 is 0. The molecule has 0 bridgehead atoms. The third kappa shape index (κ3) is 5.40. The maximum atomic E-state index is 13.3. The number of nitrogens with zero attached hydrogens (tertiary/aromatic N) is 2. The van der Waals surface area contributed by atoms with Crippen LogP contribution in [0.3, 0.4) is 0 Å². The van der Waals surface area contributed by atoms with Crippen molar-refractivity contribution in [2.24, 2.45) is 0 Å². The number of hydrogen-bond donors (Lipinski definition) is 1. The molecule has 8 heteroatoms. The van der Waals surface area contributed by atoms with Gasteiger partial charge in [-0.1, -0.05) is 47.6 Å². The average Bonchev–Trinajstić information content (AvgIpc) is 3.25. The topological polar surface area (TPSA) is 75.4 Å². The lowest BCUT2D eigenvalue weighted by molar-refractivity contribution is 0.320. The van der Waals surface area contributed by atoms with Crippen LogP contribution in [0.4, 0.5) is 10.1 Å². The summed E-state index contributed by atoms with van der Waals surface area (Å²) in [5.74, 6) is -0.341. The Hall–Kier alpha value is -3.75. The lowest BCUT2D eigenvalue weighted by Crippen LogP contribution is -2.20. The Labute approximate surface area is 209 Å². The predicted molar refractivity (Wildman–Crippen MR) is 140 cm³/mol. The summed E-state index contributed by atoms with van der Waals surface area (Å²) in [6.45, 7) is 1.47. The number of nitrogens with one attached hydrogen (secondary N) is 1. The number of sulfonamides is 1. The van der Waals surface area contributed by atoms with Crippen molar-refractivity contribution in [3.8, 4) is 0 Å². The van der Waals surface area contributed by atoms with Gasteiger partial charge in [-0.05, 0) is 79.2 Å². The van der Waals surface area contributed by atoms with Gasteiger partial charge in [0.2, 0.25) is 0 Å². The van der Waals surface area contributed by atoms with Gasteiger partial charge >= 0.3 is 0 Å². The van der Waals surface area contributed by atoms with E-state index in [2.05, 4.69) is 14.8 Å². The van der Waals surface area contributed by atoms with Crippen LogP contribution in [-0.2, 0) is 23.0 Å². The molecule has 5 rings (SSSR count). The number of aromatic nitrogens is 1. The van der Waals surface area contributed by atoms with E-state index in [0.717, 1.165) is 40.4 Å². The molecule has 36 heavy (non-hydrogen) atoms. The van der Waals surface area contributed by atoms with Crippen molar-refractivity contribution in [3.63, 3.8) is 0 Å². The highest BCUT2D eigenvalue weighted by Crippen LogP contribution is 2.23. The second-order valence-electron chi connectivity index (χ2n) is 8.93. The molecule has 0 aliphatic carbocycles. The van der Waals surface area contributed by atoms with Crippen molar-refractivity contribution in [3.05, 3.63) is 102 Å². The minimum atomic E-state index is -3.71. The lowest BCUT2D eigenvalue weighted by atomic mass is 10.1. The van der Waals surface area contributed by atoms with Gasteiger partial charge < -0.3 is 9.42 Å². The molecule has 0 atom stereocenters. The van der Waals surface area contributed by atoms with Gasteiger partial charge in [0, 0.05) is 23.7 Å². The first kappa shape index (κ1) is 24.0. The van der Waals surface area contributed by atoms with E-state index in [1.807, 2.05) is 55.6 Å². The number of anilines is 1. The van der Waals surface area contributed by atoms with E-state index < -0.39 is 10.0 Å². The molecule has 4 aromatic carbocycles. The summed E-state index contributed by atoms with van der Waals surface area (Å²) < 4.78 is 47.3. The lowest BCUT2D eigenvalue weighted by Gasteiger charge is -2.17. The van der Waals surface area contributed by atoms with Gasteiger partial charge in [-0.3, -0.25) is 4.72 Å². The number of benzene rings is 4. The third-order valence-corrected chi connectivity index (χ3v) is 7.50. The maximum Gasteiger partial charge on any atom is 0.261 e. The molecule has 0 spiro atoms. The second kappa shape index (κ2) is 10.1. The van der Waals surface area contributed by atoms with Crippen molar-refractivity contribution < 1.29 is 17.3 Å². The Kier molecular flexibility index (Phi) is 6.71. The normalized spacial score (nSPS) is 12.0. The molecule has 184 valence electrons. The molecule has 1 N–H and O–H groups in total. The first-order valence-corrected chi connectivity index (χ1v) is 13.2. The van der Waals surface area contributed by atoms with E-state index in [1.165, 1.54) is 12.1 Å². The van der Waals surface area contributed by atoms with E-state index in [1.54, 1.807) is 24.3 Å². The largest absolute Gasteiger partial charge is 0.356 e. The van der Waals surface area contributed by atoms with Gasteiger partial charge in [-0.2, -0.15) is 0 Å². The smallest absolute Gasteiger partial charge is 0.261 e. The summed E-state index contributed by atoms with van der Waals surface area (Å²) in [6.07, 6.45) is 1.57. The van der Waals surface area contributed by atoms with E-state index >= 15 is 0 Å². The van der Waals surface area contributed by atoms with Gasteiger partial charge in [0.25, 0.3) is 10.0 Å². The summed E-state index contributed by atoms with van der Waals surface area (Å²) in [7, 11) is -1.70. The molecule has 0 radical (unpaired) electrons. The zero-order valence-corrected chi connectivity index (χ0v) is 20.6. The summed E-state index contributed by atoms with van der Waals surface area (Å²) in [4.78, 5) is 2.39. The van der Waals surface area contributed by atoms with Crippen molar-refractivity contribution in [2.45, 2.75) is 24.3 Å². The summed E-state index contributed by atoms with van der Waals surface area (Å²) in [5.41, 5.74) is 2.80. The second-order valence-corrected chi connectivity index (χ2v) is 10.6. The Morgan fingerprint density at radius 2 is 1.78 bits per heavy atom. The molecular formula is C28H26FN3O3S. The van der Waals surface area contributed by atoms with Crippen LogP contribution in [0, 0.1) is 5.82 Å². The molecular weight excluding hydrogens is 477 g/mol. The predicted octanol–water partition coefficient (Wildman–Crippen LogP) is 5.99. The standard InChI is InChI=1S/C28H26FN3O3S/c1-32(15-5-10-27-26-14-12-23(29)18-28(26)35-30-27)19-20-6-4-9-24(16-20)31-36(33,34)25-13-11-21-7-2-3-8-22(21)17-25/h2-4,6-9,11-14,16-18,31H,5,10,15,19H2,1H3. The molecule has 1 heterocycles. The molecule has 0 aliphatic rings. The monoisotopic (exact) mass is 503 g/mol. The highest BCUT2D eigenvalue weighted by atomic mass is 32.2. The van der Waals surface area contributed by atoms with Gasteiger partial charge in [0.1, 0.15) is 5.82 Å². The van der Waals surface area contributed by atoms with Crippen molar-refractivity contribution in [2.75, 3.05) is 18.3 Å². The number of hydrogen-bond acceptors (Lipinski definition) is 5. The van der Waals surface area contributed by atoms with Crippen molar-refractivity contribution in [1.82, 2.24) is 10.1 Å². The minimum Gasteiger partial charge on any atom is -0.356 e. The number of rotatable bonds is 9. The Bertz CT molecular complexity index is 1630. The fourth-order valence-electron chi connectivity index (χ4n) is 4.33. The first-order valence-electron chi connectivity index (χ1n) is 11.7. The molecule has 0 fully saturated rings. The van der Waals surface area contributed by atoms with Crippen LogP contribution >= 0.6 is 0 Å². The van der Waals surface area contributed by atoms with Crippen LogP contribution in [0.15, 0.2) is 94.3 Å². The number of halogens is 1. The van der Waals surface area contributed by atoms with Crippen molar-refractivity contribution >= 4 is 37.5 Å². The molecule has 0 aliphatic heterocycles. The molecule has 0 amide bonds. The molecule has 1 aromatic heterocycles. The molecule has 0 unspecified atom stereocenters. The Balaban J connectivity index is 1.19. The first-order chi connectivity index (χ1) is 17.4. The van der Waals surface area contributed by atoms with Gasteiger partial charge in [-0.15, -0.1) is 0 Å². The van der Waals surface area contributed by atoms with E-state index in [4.69, 9.17) is 4.52 Å². The Morgan fingerprint density at radius 3 is 2.64 bits per heavy atom. The van der Waals surface area contributed by atoms with E-state index in [-0.39, 0.29) is 10.7 Å². The minimum absolute atomic E-state index is 0.229. The molecule has 5 aromatic rings. The SMILES string of the molecule is CN(CCCc1noc2cc(F)ccc12)Cc1cccc(NS(=O)(=O)c2ccc3ccccc3c2)c1. The van der Waals surface area contributed by atoms with Gasteiger partial charge in [-0.25, -0.2) is 12.8 Å². The summed E-state index contributed by atoms with van der Waals surface area (Å²) in [6, 6.07) is 24.7. The van der Waals surface area contributed by atoms with Crippen LogP contribution in [0.25, 0.3) is 21.7 Å². The zero-order chi connectivity index (χ0) is 25.1. The molecule has 0 saturated heterocycles.